The maximum absolute atomic E-state index is 11.6. The average molecular weight is 271 g/mol. The number of hydrogen-bond donors (Lipinski definition) is 0. The van der Waals surface area contributed by atoms with Crippen LogP contribution in [0.1, 0.15) is 36.2 Å². The lowest BCUT2D eigenvalue weighted by Gasteiger charge is -2.23. The summed E-state index contributed by atoms with van der Waals surface area (Å²) >= 11 is 3.12. The predicted octanol–water partition coefficient (Wildman–Crippen LogP) is 2.98. The molecule has 0 unspecified atom stereocenters. The van der Waals surface area contributed by atoms with Crippen LogP contribution in [0.2, 0.25) is 0 Å². The molecule has 1 aromatic rings. The monoisotopic (exact) mass is 270 g/mol. The van der Waals surface area contributed by atoms with Gasteiger partial charge in [-0.3, -0.25) is 9.59 Å². The number of hydrogen-bond acceptors (Lipinski definition) is 3. The summed E-state index contributed by atoms with van der Waals surface area (Å²) in [5.41, 5.74) is 0. The third kappa shape index (κ3) is 2.37. The predicted molar refractivity (Wildman–Crippen MR) is 57.7 cm³/mol. The first kappa shape index (κ1) is 10.6. The van der Waals surface area contributed by atoms with E-state index < -0.39 is 0 Å². The van der Waals surface area contributed by atoms with Crippen LogP contribution in [0.3, 0.4) is 0 Å². The molecule has 1 fully saturated rings. The first-order valence-electron chi connectivity index (χ1n) is 4.98. The molecule has 1 saturated carbocycles. The van der Waals surface area contributed by atoms with Gasteiger partial charge in [0.25, 0.3) is 0 Å². The van der Waals surface area contributed by atoms with Gasteiger partial charge in [-0.2, -0.15) is 0 Å². The van der Waals surface area contributed by atoms with Gasteiger partial charge in [0, 0.05) is 5.92 Å². The summed E-state index contributed by atoms with van der Waals surface area (Å²) in [4.78, 5) is 23.1. The maximum Gasteiger partial charge on any atom is 0.205 e. The summed E-state index contributed by atoms with van der Waals surface area (Å²) in [5.74, 6) is 0.207. The second-order valence-corrected chi connectivity index (χ2v) is 4.58. The van der Waals surface area contributed by atoms with Crippen molar-refractivity contribution in [3.8, 4) is 0 Å². The fourth-order valence-corrected chi connectivity index (χ4v) is 1.89. The van der Waals surface area contributed by atoms with Crippen LogP contribution in [-0.2, 0) is 4.79 Å². The van der Waals surface area contributed by atoms with Crippen LogP contribution in [0.4, 0.5) is 0 Å². The smallest absolute Gasteiger partial charge is 0.205 e. The number of halogens is 1. The van der Waals surface area contributed by atoms with Crippen molar-refractivity contribution in [3.05, 3.63) is 22.6 Å². The highest BCUT2D eigenvalue weighted by molar-refractivity contribution is 9.10. The second kappa shape index (κ2) is 4.31. The second-order valence-electron chi connectivity index (χ2n) is 3.80. The highest BCUT2D eigenvalue weighted by atomic mass is 79.9. The van der Waals surface area contributed by atoms with E-state index in [4.69, 9.17) is 4.42 Å². The Morgan fingerprint density at radius 1 is 1.40 bits per heavy atom. The molecule has 0 N–H and O–H groups in total. The molecule has 3 nitrogen and oxygen atoms in total. The highest BCUT2D eigenvalue weighted by Gasteiger charge is 2.27. The zero-order chi connectivity index (χ0) is 10.8. The van der Waals surface area contributed by atoms with Crippen molar-refractivity contribution in [2.75, 3.05) is 0 Å². The number of ketones is 2. The van der Waals surface area contributed by atoms with Gasteiger partial charge in [0.1, 0.15) is 5.78 Å². The summed E-state index contributed by atoms with van der Waals surface area (Å²) in [6, 6.07) is 3.24. The van der Waals surface area contributed by atoms with Crippen molar-refractivity contribution < 1.29 is 14.0 Å². The summed E-state index contributed by atoms with van der Waals surface area (Å²) in [7, 11) is 0. The molecule has 80 valence electrons. The quantitative estimate of drug-likeness (QED) is 0.624. The van der Waals surface area contributed by atoms with E-state index in [-0.39, 0.29) is 29.7 Å². The molecule has 0 atom stereocenters. The maximum atomic E-state index is 11.6. The third-order valence-corrected chi connectivity index (χ3v) is 3.17. The Morgan fingerprint density at radius 3 is 2.60 bits per heavy atom. The largest absolute Gasteiger partial charge is 0.446 e. The Hall–Kier alpha value is -0.900. The Kier molecular flexibility index (Phi) is 3.05. The minimum atomic E-state index is -0.224. The summed E-state index contributed by atoms with van der Waals surface area (Å²) < 4.78 is 5.61. The molecule has 0 radical (unpaired) electrons. The van der Waals surface area contributed by atoms with Crippen LogP contribution >= 0.6 is 15.9 Å². The van der Waals surface area contributed by atoms with Gasteiger partial charge < -0.3 is 4.42 Å². The third-order valence-electron chi connectivity index (χ3n) is 2.74. The minimum Gasteiger partial charge on any atom is -0.446 e. The lowest BCUT2D eigenvalue weighted by atomic mass is 9.80. The molecule has 0 aliphatic heterocycles. The molecule has 1 aliphatic carbocycles. The Bertz CT molecular complexity index is 390. The van der Waals surface area contributed by atoms with Crippen molar-refractivity contribution in [3.63, 3.8) is 0 Å². The SMILES string of the molecule is O=C(CC(=O)C1CCC1)c1ccc(Br)o1. The van der Waals surface area contributed by atoms with E-state index in [0.29, 0.717) is 4.67 Å². The first-order chi connectivity index (χ1) is 7.16. The number of furan rings is 1. The number of carbonyl (C=O) groups excluding carboxylic acids is 2. The minimum absolute atomic E-state index is 0.0232. The number of rotatable bonds is 4. The van der Waals surface area contributed by atoms with Crippen LogP contribution < -0.4 is 0 Å². The van der Waals surface area contributed by atoms with Gasteiger partial charge in [-0.05, 0) is 40.9 Å². The van der Waals surface area contributed by atoms with Crippen molar-refractivity contribution in [1.29, 1.82) is 0 Å². The molecule has 15 heavy (non-hydrogen) atoms. The first-order valence-corrected chi connectivity index (χ1v) is 5.77. The zero-order valence-corrected chi connectivity index (χ0v) is 9.75. The van der Waals surface area contributed by atoms with Crippen LogP contribution in [0, 0.1) is 5.92 Å². The van der Waals surface area contributed by atoms with Gasteiger partial charge >= 0.3 is 0 Å². The van der Waals surface area contributed by atoms with E-state index in [2.05, 4.69) is 15.9 Å². The van der Waals surface area contributed by atoms with Gasteiger partial charge in [-0.25, -0.2) is 0 Å². The molecule has 1 aromatic heterocycles. The Morgan fingerprint density at radius 2 is 2.13 bits per heavy atom. The lowest BCUT2D eigenvalue weighted by Crippen LogP contribution is -2.24. The molecule has 1 aliphatic rings. The summed E-state index contributed by atoms with van der Waals surface area (Å²) in [6.45, 7) is 0. The molecule has 1 heterocycles. The van der Waals surface area contributed by atoms with Crippen LogP contribution in [0.25, 0.3) is 0 Å². The van der Waals surface area contributed by atoms with Crippen molar-refractivity contribution in [2.24, 2.45) is 5.92 Å². The van der Waals surface area contributed by atoms with Crippen LogP contribution in [0.15, 0.2) is 21.2 Å². The van der Waals surface area contributed by atoms with Gasteiger partial charge in [0.15, 0.2) is 10.4 Å². The molecule has 4 heteroatoms. The standard InChI is InChI=1S/C11H11BrO3/c12-11-5-4-10(15-11)9(14)6-8(13)7-2-1-3-7/h4-5,7H,1-3,6H2. The van der Waals surface area contributed by atoms with Crippen molar-refractivity contribution >= 4 is 27.5 Å². The summed E-state index contributed by atoms with van der Waals surface area (Å²) in [6.07, 6.45) is 2.96. The molecular weight excluding hydrogens is 260 g/mol. The highest BCUT2D eigenvalue weighted by Crippen LogP contribution is 2.28. The molecule has 0 bridgehead atoms. The Labute approximate surface area is 96.0 Å². The van der Waals surface area contributed by atoms with E-state index in [1.54, 1.807) is 12.1 Å². The average Bonchev–Trinajstić information content (AvgIpc) is 2.48. The number of Topliss-reactive ketones (excluding diaryl/α,β-unsaturated/α-hetero) is 2. The van der Waals surface area contributed by atoms with Crippen LogP contribution in [0.5, 0.6) is 0 Å². The topological polar surface area (TPSA) is 47.3 Å². The molecule has 0 aromatic carbocycles. The van der Waals surface area contributed by atoms with Gasteiger partial charge in [-0.15, -0.1) is 0 Å². The van der Waals surface area contributed by atoms with Crippen LogP contribution in [-0.4, -0.2) is 11.6 Å². The van der Waals surface area contributed by atoms with Gasteiger partial charge in [0.2, 0.25) is 5.78 Å². The molecular formula is C11H11BrO3. The van der Waals surface area contributed by atoms with Gasteiger partial charge in [-0.1, -0.05) is 6.42 Å². The van der Waals surface area contributed by atoms with E-state index in [1.165, 1.54) is 0 Å². The summed E-state index contributed by atoms with van der Waals surface area (Å²) in [5, 5.41) is 0. The van der Waals surface area contributed by atoms with Crippen molar-refractivity contribution in [1.82, 2.24) is 0 Å². The van der Waals surface area contributed by atoms with E-state index >= 15 is 0 Å². The van der Waals surface area contributed by atoms with E-state index in [9.17, 15) is 9.59 Å². The van der Waals surface area contributed by atoms with Gasteiger partial charge in [0.05, 0.1) is 6.42 Å². The molecule has 2 rings (SSSR count). The molecule has 0 spiro atoms. The molecule has 0 saturated heterocycles. The molecule has 0 amide bonds. The zero-order valence-electron chi connectivity index (χ0n) is 8.16. The fraction of sp³-hybridized carbons (Fsp3) is 0.455. The Balaban J connectivity index is 1.94. The van der Waals surface area contributed by atoms with E-state index in [1.807, 2.05) is 0 Å². The fourth-order valence-electron chi connectivity index (χ4n) is 1.58. The number of carbonyl (C=O) groups is 2. The normalized spacial score (nSPS) is 16.1. The lowest BCUT2D eigenvalue weighted by molar-refractivity contribution is -0.124. The van der Waals surface area contributed by atoms with Crippen molar-refractivity contribution in [2.45, 2.75) is 25.7 Å². The van der Waals surface area contributed by atoms with E-state index in [0.717, 1.165) is 19.3 Å².